The molecule has 52 heavy (non-hydrogen) atoms. The van der Waals surface area contributed by atoms with Crippen LogP contribution in [0.1, 0.15) is 115 Å². The van der Waals surface area contributed by atoms with E-state index in [2.05, 4.69) is 28.1 Å². The predicted molar refractivity (Wildman–Crippen MR) is 211 cm³/mol. The van der Waals surface area contributed by atoms with Crippen LogP contribution < -0.4 is 0 Å². The van der Waals surface area contributed by atoms with Crippen LogP contribution in [0.5, 0.6) is 0 Å². The number of fused-ring (bicyclic) bond motifs is 8. The zero-order chi connectivity index (χ0) is 38.4. The minimum Gasteiger partial charge on any atom is -0.487 e. The van der Waals surface area contributed by atoms with Gasteiger partial charge in [0, 0.05) is 22.0 Å². The van der Waals surface area contributed by atoms with Gasteiger partial charge in [-0.3, -0.25) is 14.4 Å². The number of Topliss-reactive ketones (excluding diaryl/α,β-unsaturated/α-hetero) is 3. The van der Waals surface area contributed by atoms with Gasteiger partial charge in [-0.15, -0.1) is 0 Å². The van der Waals surface area contributed by atoms with Crippen molar-refractivity contribution in [3.8, 4) is 0 Å². The molecular weight excluding hydrogens is 716 g/mol. The fourth-order valence-electron chi connectivity index (χ4n) is 6.85. The first-order chi connectivity index (χ1) is 24.5. The molecule has 2 aromatic carbocycles. The molecule has 0 spiro atoms. The molecule has 6 nitrogen and oxygen atoms in total. The monoisotopic (exact) mass is 768 g/mol. The maximum Gasteiger partial charge on any atom is 0.338 e. The molecule has 0 amide bonds. The topological polar surface area (TPSA) is 86.7 Å². The molecular formula is C45H53BrO6. The molecule has 2 bridgehead atoms. The van der Waals surface area contributed by atoms with Gasteiger partial charge in [-0.1, -0.05) is 92.9 Å². The number of esters is 1. The van der Waals surface area contributed by atoms with Crippen LogP contribution in [-0.4, -0.2) is 35.0 Å². The third-order valence-electron chi connectivity index (χ3n) is 10.1. The number of hydrogen-bond donors (Lipinski definition) is 0. The molecule has 0 fully saturated rings. The molecule has 2 aliphatic heterocycles. The Morgan fingerprint density at radius 2 is 1.48 bits per heavy atom. The van der Waals surface area contributed by atoms with Gasteiger partial charge < -0.3 is 9.47 Å². The van der Waals surface area contributed by atoms with Crippen LogP contribution in [0.3, 0.4) is 0 Å². The van der Waals surface area contributed by atoms with E-state index in [-0.39, 0.29) is 36.7 Å². The van der Waals surface area contributed by atoms with E-state index in [1.54, 1.807) is 62.4 Å². The minimum atomic E-state index is -1.50. The second kappa shape index (κ2) is 17.2. The van der Waals surface area contributed by atoms with Crippen molar-refractivity contribution < 1.29 is 28.7 Å². The second-order valence-electron chi connectivity index (χ2n) is 15.5. The van der Waals surface area contributed by atoms with Gasteiger partial charge in [0.15, 0.2) is 17.3 Å². The van der Waals surface area contributed by atoms with Crippen molar-refractivity contribution in [3.63, 3.8) is 0 Å². The number of ketones is 3. The maximum atomic E-state index is 15.4. The Morgan fingerprint density at radius 3 is 2.08 bits per heavy atom. The number of carbonyl (C=O) groups excluding carboxylic acids is 4. The van der Waals surface area contributed by atoms with Crippen molar-refractivity contribution in [2.24, 2.45) is 17.3 Å². The van der Waals surface area contributed by atoms with E-state index in [1.165, 1.54) is 0 Å². The lowest BCUT2D eigenvalue weighted by Crippen LogP contribution is -2.53. The first-order valence-corrected chi connectivity index (χ1v) is 18.9. The maximum absolute atomic E-state index is 15.4. The summed E-state index contributed by atoms with van der Waals surface area (Å²) >= 11 is 3.42. The van der Waals surface area contributed by atoms with E-state index in [4.69, 9.17) is 9.47 Å². The van der Waals surface area contributed by atoms with E-state index in [0.717, 1.165) is 26.8 Å². The highest BCUT2D eigenvalue weighted by molar-refractivity contribution is 9.10. The van der Waals surface area contributed by atoms with Crippen molar-refractivity contribution in [1.29, 1.82) is 0 Å². The minimum absolute atomic E-state index is 0.0472. The smallest absolute Gasteiger partial charge is 0.338 e. The summed E-state index contributed by atoms with van der Waals surface area (Å²) in [6, 6.07) is 15.7. The molecule has 4 atom stereocenters. The number of hydrogen-bond acceptors (Lipinski definition) is 6. The van der Waals surface area contributed by atoms with Crippen molar-refractivity contribution in [3.05, 3.63) is 128 Å². The molecule has 0 radical (unpaired) electrons. The molecule has 276 valence electrons. The van der Waals surface area contributed by atoms with E-state index < -0.39 is 40.6 Å². The Labute approximate surface area is 318 Å². The van der Waals surface area contributed by atoms with Gasteiger partial charge in [0.1, 0.15) is 23.4 Å². The molecule has 3 aliphatic rings. The van der Waals surface area contributed by atoms with Crippen LogP contribution in [0.15, 0.2) is 117 Å². The fourth-order valence-corrected chi connectivity index (χ4v) is 7.12. The quantitative estimate of drug-likeness (QED) is 0.104. The van der Waals surface area contributed by atoms with Gasteiger partial charge in [0.25, 0.3) is 0 Å². The zero-order valence-corrected chi connectivity index (χ0v) is 33.7. The SMILES string of the molecule is CC(C)=CCC1=C2OC(C)(C)[C@H](OC(=O)c3ccc(Br)cc3)C/C=C(/C)[C@@H](CC=C(C)C)C[C@](CC=C(C)C)(C1=O)C(=O)[C@@H]2C(=O)c1ccccc1. The van der Waals surface area contributed by atoms with Gasteiger partial charge >= 0.3 is 5.97 Å². The summed E-state index contributed by atoms with van der Waals surface area (Å²) < 4.78 is 13.9. The second-order valence-corrected chi connectivity index (χ2v) is 16.4. The molecule has 0 saturated heterocycles. The van der Waals surface area contributed by atoms with Gasteiger partial charge in [-0.05, 0) is 118 Å². The van der Waals surface area contributed by atoms with E-state index in [0.29, 0.717) is 29.5 Å². The van der Waals surface area contributed by atoms with Gasteiger partial charge in [0.05, 0.1) is 11.0 Å². The van der Waals surface area contributed by atoms with Gasteiger partial charge in [0.2, 0.25) is 0 Å². The van der Waals surface area contributed by atoms with Crippen LogP contribution in [-0.2, 0) is 19.1 Å². The molecule has 2 heterocycles. The summed E-state index contributed by atoms with van der Waals surface area (Å²) in [5.74, 6) is -3.25. The highest BCUT2D eigenvalue weighted by atomic mass is 79.9. The Morgan fingerprint density at radius 1 is 0.865 bits per heavy atom. The van der Waals surface area contributed by atoms with Crippen LogP contribution in [0.25, 0.3) is 0 Å². The lowest BCUT2D eigenvalue weighted by molar-refractivity contribution is -0.146. The summed E-state index contributed by atoms with van der Waals surface area (Å²) in [5, 5.41) is 0. The summed E-state index contributed by atoms with van der Waals surface area (Å²) in [7, 11) is 0. The Bertz CT molecular complexity index is 1830. The number of benzene rings is 2. The van der Waals surface area contributed by atoms with E-state index >= 15 is 9.59 Å². The first kappa shape index (κ1) is 40.7. The molecule has 1 aliphatic carbocycles. The average molecular weight is 770 g/mol. The molecule has 0 saturated carbocycles. The van der Waals surface area contributed by atoms with E-state index in [1.807, 2.05) is 66.7 Å². The Hall–Kier alpha value is -4.10. The summed E-state index contributed by atoms with van der Waals surface area (Å²) in [6.07, 6.45) is 8.75. The lowest BCUT2D eigenvalue weighted by atomic mass is 9.59. The molecule has 5 rings (SSSR count). The molecule has 7 heteroatoms. The number of allylic oxidation sites excluding steroid dienone is 9. The highest BCUT2D eigenvalue weighted by Crippen LogP contribution is 2.50. The normalized spacial score (nSPS) is 24.0. The van der Waals surface area contributed by atoms with Crippen molar-refractivity contribution in [2.45, 2.75) is 106 Å². The van der Waals surface area contributed by atoms with Crippen LogP contribution in [0.2, 0.25) is 0 Å². The third-order valence-corrected chi connectivity index (χ3v) is 10.6. The number of ether oxygens (including phenoxy) is 2. The Kier molecular flexibility index (Phi) is 13.4. The third kappa shape index (κ3) is 9.46. The standard InChI is InChI=1S/C45H53BrO6/c1-28(2)15-18-34-27-45(26-25-30(5)6)41(48)36(23-16-29(3)4)40(38(42(45)49)39(47)32-13-11-10-12-14-32)52-44(8,9)37(24-17-31(34)7)51-43(50)33-19-21-35(46)22-20-33/h10-17,19-22,25,34,37-38H,18,23-24,26-27H2,1-9H3/b31-17-/t34-,37+,38+,45+/m0/s1. The fraction of sp³-hybridized carbons (Fsp3) is 0.422. The molecule has 2 aromatic rings. The van der Waals surface area contributed by atoms with Crippen molar-refractivity contribution in [1.82, 2.24) is 0 Å². The Balaban J connectivity index is 2.05. The lowest BCUT2D eigenvalue weighted by Gasteiger charge is -2.44. The summed E-state index contributed by atoms with van der Waals surface area (Å²) in [4.78, 5) is 59.1. The molecule has 0 unspecified atom stereocenters. The van der Waals surface area contributed by atoms with Crippen LogP contribution >= 0.6 is 15.9 Å². The largest absolute Gasteiger partial charge is 0.487 e. The van der Waals surface area contributed by atoms with Crippen molar-refractivity contribution >= 4 is 39.2 Å². The summed E-state index contributed by atoms with van der Waals surface area (Å²) in [5.41, 5.74) is 2.34. The predicted octanol–water partition coefficient (Wildman–Crippen LogP) is 11.1. The highest BCUT2D eigenvalue weighted by Gasteiger charge is 2.58. The van der Waals surface area contributed by atoms with Crippen LogP contribution in [0.4, 0.5) is 0 Å². The number of rotatable bonds is 10. The number of carbonyl (C=O) groups is 4. The summed E-state index contributed by atoms with van der Waals surface area (Å²) in [6.45, 7) is 17.5. The average Bonchev–Trinajstić information content (AvgIpc) is 3.08. The molecule has 0 aromatic heterocycles. The van der Waals surface area contributed by atoms with Gasteiger partial charge in [-0.25, -0.2) is 4.79 Å². The van der Waals surface area contributed by atoms with Crippen LogP contribution in [0, 0.1) is 17.3 Å². The van der Waals surface area contributed by atoms with E-state index in [9.17, 15) is 9.59 Å². The first-order valence-electron chi connectivity index (χ1n) is 18.1. The zero-order valence-electron chi connectivity index (χ0n) is 32.1. The van der Waals surface area contributed by atoms with Gasteiger partial charge in [-0.2, -0.15) is 0 Å². The number of halogens is 1. The van der Waals surface area contributed by atoms with Crippen molar-refractivity contribution in [2.75, 3.05) is 0 Å². The molecule has 0 N–H and O–H groups in total.